The van der Waals surface area contributed by atoms with Gasteiger partial charge in [-0.15, -0.1) is 11.3 Å². The van der Waals surface area contributed by atoms with Crippen molar-refractivity contribution in [1.82, 2.24) is 9.78 Å². The van der Waals surface area contributed by atoms with E-state index >= 15 is 0 Å². The number of fused-ring (bicyclic) bond motifs is 1. The highest BCUT2D eigenvalue weighted by Crippen LogP contribution is 2.30. The normalized spacial score (nSPS) is 13.5. The van der Waals surface area contributed by atoms with E-state index in [1.807, 2.05) is 41.9 Å². The van der Waals surface area contributed by atoms with Gasteiger partial charge in [0.1, 0.15) is 0 Å². The van der Waals surface area contributed by atoms with Crippen molar-refractivity contribution in [2.45, 2.75) is 32.6 Å². The fraction of sp³-hybridized carbons (Fsp3) is 0.263. The maximum atomic E-state index is 12.6. The fourth-order valence-corrected chi connectivity index (χ4v) is 4.30. The van der Waals surface area contributed by atoms with Crippen molar-refractivity contribution in [2.75, 3.05) is 5.32 Å². The van der Waals surface area contributed by atoms with Crippen LogP contribution in [0.1, 0.15) is 38.6 Å². The third-order valence-electron chi connectivity index (χ3n) is 4.40. The summed E-state index contributed by atoms with van der Waals surface area (Å²) < 4.78 is 1.86. The number of rotatable bonds is 3. The summed E-state index contributed by atoms with van der Waals surface area (Å²) in [5.74, 6) is -0.0243. The third kappa shape index (κ3) is 2.87. The summed E-state index contributed by atoms with van der Waals surface area (Å²) in [6.07, 6.45) is 6.46. The van der Waals surface area contributed by atoms with Crippen LogP contribution in [0.2, 0.25) is 0 Å². The number of amides is 1. The van der Waals surface area contributed by atoms with Crippen LogP contribution >= 0.6 is 11.3 Å². The molecule has 1 amide bonds. The Labute approximate surface area is 145 Å². The van der Waals surface area contributed by atoms with Gasteiger partial charge in [0.25, 0.3) is 5.91 Å². The minimum atomic E-state index is -0.0243. The summed E-state index contributed by atoms with van der Waals surface area (Å²) in [7, 11) is 0. The zero-order chi connectivity index (χ0) is 16.5. The van der Waals surface area contributed by atoms with Crippen LogP contribution in [0.5, 0.6) is 0 Å². The van der Waals surface area contributed by atoms with Crippen molar-refractivity contribution in [2.24, 2.45) is 0 Å². The van der Waals surface area contributed by atoms with Crippen LogP contribution in [0.4, 0.5) is 5.69 Å². The average molecular weight is 337 g/mol. The van der Waals surface area contributed by atoms with Gasteiger partial charge in [0.2, 0.25) is 0 Å². The average Bonchev–Trinajstić information content (AvgIpc) is 3.21. The minimum Gasteiger partial charge on any atom is -0.321 e. The first-order valence-electron chi connectivity index (χ1n) is 8.25. The second-order valence-corrected chi connectivity index (χ2v) is 7.29. The molecule has 5 heteroatoms. The molecule has 0 saturated heterocycles. The van der Waals surface area contributed by atoms with Gasteiger partial charge >= 0.3 is 0 Å². The number of nitrogens with one attached hydrogen (secondary N) is 1. The number of benzene rings is 1. The second kappa shape index (κ2) is 6.24. The van der Waals surface area contributed by atoms with Gasteiger partial charge in [0, 0.05) is 22.5 Å². The molecule has 3 aromatic rings. The lowest BCUT2D eigenvalue weighted by Gasteiger charge is -2.08. The summed E-state index contributed by atoms with van der Waals surface area (Å²) in [6, 6.07) is 11.8. The summed E-state index contributed by atoms with van der Waals surface area (Å²) in [6.45, 7) is 2.01. The summed E-state index contributed by atoms with van der Waals surface area (Å²) in [5, 5.41) is 7.33. The summed E-state index contributed by atoms with van der Waals surface area (Å²) in [4.78, 5) is 14.8. The topological polar surface area (TPSA) is 46.9 Å². The van der Waals surface area contributed by atoms with Crippen LogP contribution in [0, 0.1) is 6.92 Å². The maximum absolute atomic E-state index is 12.6. The van der Waals surface area contributed by atoms with E-state index in [0.29, 0.717) is 0 Å². The number of anilines is 1. The van der Waals surface area contributed by atoms with E-state index in [-0.39, 0.29) is 5.91 Å². The van der Waals surface area contributed by atoms with Gasteiger partial charge in [0.15, 0.2) is 0 Å². The Bertz CT molecular complexity index is 870. The van der Waals surface area contributed by atoms with E-state index in [4.69, 9.17) is 0 Å². The van der Waals surface area contributed by atoms with Gasteiger partial charge in [-0.3, -0.25) is 4.79 Å². The van der Waals surface area contributed by atoms with E-state index in [9.17, 15) is 4.79 Å². The molecule has 0 saturated carbocycles. The van der Waals surface area contributed by atoms with Crippen molar-refractivity contribution >= 4 is 22.9 Å². The first-order chi connectivity index (χ1) is 11.7. The lowest BCUT2D eigenvalue weighted by Crippen LogP contribution is -2.10. The Kier molecular flexibility index (Phi) is 3.94. The van der Waals surface area contributed by atoms with E-state index in [1.54, 1.807) is 17.5 Å². The number of carbonyl (C=O) groups is 1. The van der Waals surface area contributed by atoms with Crippen LogP contribution in [-0.2, 0) is 12.8 Å². The molecule has 0 aliphatic heterocycles. The molecule has 2 heterocycles. The Morgan fingerprint density at radius 1 is 1.21 bits per heavy atom. The number of aryl methyl sites for hydroxylation is 3. The molecule has 0 fully saturated rings. The predicted molar refractivity (Wildman–Crippen MR) is 97.2 cm³/mol. The van der Waals surface area contributed by atoms with Crippen LogP contribution < -0.4 is 5.32 Å². The summed E-state index contributed by atoms with van der Waals surface area (Å²) >= 11 is 1.64. The van der Waals surface area contributed by atoms with Gasteiger partial charge < -0.3 is 5.32 Å². The molecule has 4 rings (SSSR count). The first kappa shape index (κ1) is 15.1. The molecule has 0 spiro atoms. The molecule has 0 bridgehead atoms. The van der Waals surface area contributed by atoms with E-state index in [0.717, 1.165) is 34.8 Å². The van der Waals surface area contributed by atoms with Crippen LogP contribution in [-0.4, -0.2) is 15.7 Å². The van der Waals surface area contributed by atoms with Crippen LogP contribution in [0.3, 0.4) is 0 Å². The number of thiophene rings is 1. The van der Waals surface area contributed by atoms with Gasteiger partial charge in [0.05, 0.1) is 10.6 Å². The van der Waals surface area contributed by atoms with E-state index in [2.05, 4.69) is 16.5 Å². The molecule has 1 aliphatic rings. The van der Waals surface area contributed by atoms with Gasteiger partial charge in [-0.1, -0.05) is 6.07 Å². The van der Waals surface area contributed by atoms with Crippen molar-refractivity contribution in [1.29, 1.82) is 0 Å². The Morgan fingerprint density at radius 2 is 2.08 bits per heavy atom. The second-order valence-electron chi connectivity index (χ2n) is 6.16. The monoisotopic (exact) mass is 337 g/mol. The maximum Gasteiger partial charge on any atom is 0.265 e. The molecule has 0 unspecified atom stereocenters. The van der Waals surface area contributed by atoms with E-state index in [1.165, 1.54) is 23.3 Å². The zero-order valence-corrected chi connectivity index (χ0v) is 14.4. The highest BCUT2D eigenvalue weighted by atomic mass is 32.1. The number of hydrogen-bond acceptors (Lipinski definition) is 3. The van der Waals surface area contributed by atoms with Crippen molar-refractivity contribution < 1.29 is 4.79 Å². The lowest BCUT2D eigenvalue weighted by atomic mass is 9.99. The molecule has 0 radical (unpaired) electrons. The van der Waals surface area contributed by atoms with Crippen LogP contribution in [0.25, 0.3) is 5.69 Å². The number of carbonyl (C=O) groups excluding carboxylic acids is 1. The molecular weight excluding hydrogens is 318 g/mol. The molecule has 24 heavy (non-hydrogen) atoms. The molecular formula is C19H19N3OS. The van der Waals surface area contributed by atoms with Crippen molar-refractivity contribution in [3.05, 3.63) is 63.6 Å². The fourth-order valence-electron chi connectivity index (χ4n) is 3.15. The molecule has 122 valence electrons. The van der Waals surface area contributed by atoms with Gasteiger partial charge in [-0.2, -0.15) is 5.10 Å². The van der Waals surface area contributed by atoms with Gasteiger partial charge in [-0.05, 0) is 68.5 Å². The quantitative estimate of drug-likeness (QED) is 0.771. The number of aromatic nitrogens is 2. The molecule has 2 aromatic heterocycles. The molecule has 1 aliphatic carbocycles. The largest absolute Gasteiger partial charge is 0.321 e. The van der Waals surface area contributed by atoms with E-state index < -0.39 is 0 Å². The molecule has 4 nitrogen and oxygen atoms in total. The SMILES string of the molecule is Cc1ccnn1-c1cccc(NC(=O)c2cc3c(s2)CCCC3)c1. The molecule has 0 atom stereocenters. The molecule has 1 N–H and O–H groups in total. The standard InChI is InChI=1S/C19H19N3OS/c1-13-9-10-20-22(13)16-7-4-6-15(12-16)21-19(23)18-11-14-5-2-3-8-17(14)24-18/h4,6-7,9-12H,2-3,5,8H2,1H3,(H,21,23). The number of hydrogen-bond donors (Lipinski definition) is 1. The number of nitrogens with zero attached hydrogens (tertiary/aromatic N) is 2. The highest BCUT2D eigenvalue weighted by Gasteiger charge is 2.17. The third-order valence-corrected chi connectivity index (χ3v) is 5.64. The first-order valence-corrected chi connectivity index (χ1v) is 9.06. The van der Waals surface area contributed by atoms with Gasteiger partial charge in [-0.25, -0.2) is 4.68 Å². The highest BCUT2D eigenvalue weighted by molar-refractivity contribution is 7.14. The summed E-state index contributed by atoms with van der Waals surface area (Å²) in [5.41, 5.74) is 4.15. The van der Waals surface area contributed by atoms with Crippen molar-refractivity contribution in [3.8, 4) is 5.69 Å². The van der Waals surface area contributed by atoms with Crippen molar-refractivity contribution in [3.63, 3.8) is 0 Å². The zero-order valence-electron chi connectivity index (χ0n) is 13.6. The Balaban J connectivity index is 1.56. The Hall–Kier alpha value is -2.40. The molecule has 1 aromatic carbocycles. The smallest absolute Gasteiger partial charge is 0.265 e. The lowest BCUT2D eigenvalue weighted by molar-refractivity contribution is 0.103. The van der Waals surface area contributed by atoms with Crippen LogP contribution in [0.15, 0.2) is 42.6 Å². The minimum absolute atomic E-state index is 0.0243. The Morgan fingerprint density at radius 3 is 2.88 bits per heavy atom. The predicted octanol–water partition coefficient (Wildman–Crippen LogP) is 4.37.